The lowest BCUT2D eigenvalue weighted by Crippen LogP contribution is -2.29. The van der Waals surface area contributed by atoms with Crippen LogP contribution >= 0.6 is 0 Å². The summed E-state index contributed by atoms with van der Waals surface area (Å²) in [4.78, 5) is 0. The van der Waals surface area contributed by atoms with Crippen molar-refractivity contribution >= 4 is 0 Å². The number of alkyl halides is 3. The van der Waals surface area contributed by atoms with Crippen molar-refractivity contribution < 1.29 is 23.0 Å². The molecule has 3 rings (SSSR count). The van der Waals surface area contributed by atoms with Crippen LogP contribution in [0.15, 0.2) is 61.2 Å². The minimum Gasteiger partial charge on any atom is -0.497 e. The number of rotatable bonds is 5. The van der Waals surface area contributed by atoms with Gasteiger partial charge in [0.1, 0.15) is 11.4 Å². The maximum absolute atomic E-state index is 12.8. The van der Waals surface area contributed by atoms with Gasteiger partial charge in [-0.05, 0) is 47.2 Å². The highest BCUT2D eigenvalue weighted by molar-refractivity contribution is 5.43. The molecule has 1 N–H and O–H groups in total. The molecule has 138 valence electrons. The van der Waals surface area contributed by atoms with Gasteiger partial charge in [-0.1, -0.05) is 43.8 Å². The van der Waals surface area contributed by atoms with Gasteiger partial charge in [0.05, 0.1) is 12.7 Å². The summed E-state index contributed by atoms with van der Waals surface area (Å²) in [6.07, 6.45) is -2.26. The molecule has 2 nitrogen and oxygen atoms in total. The Kier molecular flexibility index (Phi) is 4.39. The second-order valence-electron chi connectivity index (χ2n) is 7.01. The molecule has 0 heterocycles. The molecule has 0 saturated heterocycles. The number of hydrogen-bond donors (Lipinski definition) is 1. The minimum absolute atomic E-state index is 0.169. The van der Waals surface area contributed by atoms with E-state index in [1.165, 1.54) is 18.2 Å². The molecular formula is C21H21F3O2. The summed E-state index contributed by atoms with van der Waals surface area (Å²) in [5.74, 6) is 0.578. The minimum atomic E-state index is -4.40. The number of ether oxygens (including phenoxy) is 1. The van der Waals surface area contributed by atoms with Crippen molar-refractivity contribution in [2.45, 2.75) is 30.5 Å². The number of aliphatic hydroxyl groups is 1. The van der Waals surface area contributed by atoms with Crippen LogP contribution < -0.4 is 4.74 Å². The molecule has 0 radical (unpaired) electrons. The molecular weight excluding hydrogens is 341 g/mol. The largest absolute Gasteiger partial charge is 0.497 e. The molecule has 2 aromatic carbocycles. The van der Waals surface area contributed by atoms with Crippen LogP contribution in [0.3, 0.4) is 0 Å². The molecule has 1 saturated carbocycles. The summed E-state index contributed by atoms with van der Waals surface area (Å²) in [7, 11) is 1.59. The summed E-state index contributed by atoms with van der Waals surface area (Å²) in [5.41, 5.74) is -0.934. The monoisotopic (exact) mass is 362 g/mol. The summed E-state index contributed by atoms with van der Waals surface area (Å²) >= 11 is 0. The van der Waals surface area contributed by atoms with Gasteiger partial charge >= 0.3 is 6.18 Å². The second kappa shape index (κ2) is 6.16. The van der Waals surface area contributed by atoms with Crippen LogP contribution in [0.2, 0.25) is 0 Å². The molecule has 0 aliphatic heterocycles. The highest BCUT2D eigenvalue weighted by Crippen LogP contribution is 2.62. The molecule has 0 spiro atoms. The van der Waals surface area contributed by atoms with Gasteiger partial charge in [-0.3, -0.25) is 0 Å². The van der Waals surface area contributed by atoms with Gasteiger partial charge in [-0.25, -0.2) is 0 Å². The molecule has 1 fully saturated rings. The van der Waals surface area contributed by atoms with Crippen molar-refractivity contribution in [3.63, 3.8) is 0 Å². The van der Waals surface area contributed by atoms with Gasteiger partial charge in [0.2, 0.25) is 0 Å². The molecule has 26 heavy (non-hydrogen) atoms. The van der Waals surface area contributed by atoms with Gasteiger partial charge in [0, 0.05) is 5.92 Å². The smallest absolute Gasteiger partial charge is 0.416 e. The Hall–Kier alpha value is -2.27. The van der Waals surface area contributed by atoms with E-state index in [0.717, 1.165) is 23.4 Å². The first-order valence-corrected chi connectivity index (χ1v) is 8.33. The zero-order valence-electron chi connectivity index (χ0n) is 14.7. The third-order valence-corrected chi connectivity index (χ3v) is 5.50. The molecule has 0 unspecified atom stereocenters. The Bertz CT molecular complexity index is 796. The fraction of sp³-hybridized carbons (Fsp3) is 0.333. The standard InChI is InChI=1S/C21H21F3O2/c1-4-20(25,15-5-7-16(8-6-15)21(22,23)24)18-13-19(18,2)14-9-11-17(26-3)12-10-14/h4-12,18,25H,1,13H2,2-3H3/t18-,19+,20-/m1/s1. The zero-order valence-corrected chi connectivity index (χ0v) is 14.7. The predicted molar refractivity (Wildman–Crippen MR) is 94.0 cm³/mol. The quantitative estimate of drug-likeness (QED) is 0.753. The summed E-state index contributed by atoms with van der Waals surface area (Å²) < 4.78 is 43.5. The second-order valence-corrected chi connectivity index (χ2v) is 7.01. The number of hydrogen-bond acceptors (Lipinski definition) is 2. The molecule has 3 atom stereocenters. The molecule has 0 amide bonds. The molecule has 0 aromatic heterocycles. The van der Waals surface area contributed by atoms with Gasteiger partial charge < -0.3 is 9.84 Å². The summed E-state index contributed by atoms with van der Waals surface area (Å²) in [6, 6.07) is 12.3. The third-order valence-electron chi connectivity index (χ3n) is 5.50. The number of halogens is 3. The van der Waals surface area contributed by atoms with Gasteiger partial charge in [0.15, 0.2) is 0 Å². The zero-order chi connectivity index (χ0) is 19.2. The average Bonchev–Trinajstić information content (AvgIpc) is 3.34. The average molecular weight is 362 g/mol. The van der Waals surface area contributed by atoms with Crippen molar-refractivity contribution in [3.05, 3.63) is 77.9 Å². The fourth-order valence-electron chi connectivity index (χ4n) is 3.68. The van der Waals surface area contributed by atoms with Crippen molar-refractivity contribution in [3.8, 4) is 5.75 Å². The van der Waals surface area contributed by atoms with Crippen LogP contribution in [0, 0.1) is 5.92 Å². The first kappa shape index (κ1) is 18.5. The Morgan fingerprint density at radius 3 is 2.08 bits per heavy atom. The van der Waals surface area contributed by atoms with E-state index in [1.807, 2.05) is 31.2 Å². The van der Waals surface area contributed by atoms with Crippen molar-refractivity contribution in [1.82, 2.24) is 0 Å². The Morgan fingerprint density at radius 1 is 1.08 bits per heavy atom. The SMILES string of the molecule is C=C[C@@](O)(c1ccc(C(F)(F)F)cc1)[C@@H]1C[C@@]1(C)c1ccc(OC)cc1. The highest BCUT2D eigenvalue weighted by atomic mass is 19.4. The van der Waals surface area contributed by atoms with Gasteiger partial charge in [-0.2, -0.15) is 13.2 Å². The van der Waals surface area contributed by atoms with Crippen LogP contribution in [0.5, 0.6) is 5.75 Å². The van der Waals surface area contributed by atoms with Crippen molar-refractivity contribution in [1.29, 1.82) is 0 Å². The van der Waals surface area contributed by atoms with E-state index in [9.17, 15) is 18.3 Å². The molecule has 1 aliphatic carbocycles. The maximum Gasteiger partial charge on any atom is 0.416 e. The Morgan fingerprint density at radius 2 is 1.62 bits per heavy atom. The number of benzene rings is 2. The first-order valence-electron chi connectivity index (χ1n) is 8.33. The normalized spacial score (nSPS) is 24.6. The van der Waals surface area contributed by atoms with Crippen molar-refractivity contribution in [2.75, 3.05) is 7.11 Å². The Balaban J connectivity index is 1.89. The maximum atomic E-state index is 12.8. The van der Waals surface area contributed by atoms with E-state index in [2.05, 4.69) is 6.58 Å². The van der Waals surface area contributed by atoms with Crippen LogP contribution in [-0.4, -0.2) is 12.2 Å². The highest BCUT2D eigenvalue weighted by Gasteiger charge is 2.60. The van der Waals surface area contributed by atoms with E-state index < -0.39 is 17.3 Å². The first-order chi connectivity index (χ1) is 12.1. The topological polar surface area (TPSA) is 29.5 Å². The lowest BCUT2D eigenvalue weighted by atomic mass is 9.82. The molecule has 1 aliphatic rings. The van der Waals surface area contributed by atoms with Gasteiger partial charge in [-0.15, -0.1) is 0 Å². The Labute approximate surface area is 150 Å². The molecule has 5 heteroatoms. The predicted octanol–water partition coefficient (Wildman–Crippen LogP) is 5.07. The summed E-state index contributed by atoms with van der Waals surface area (Å²) in [6.45, 7) is 5.78. The fourth-order valence-corrected chi connectivity index (χ4v) is 3.68. The van der Waals surface area contributed by atoms with E-state index in [1.54, 1.807) is 7.11 Å². The van der Waals surface area contributed by atoms with Gasteiger partial charge in [0.25, 0.3) is 0 Å². The molecule has 0 bridgehead atoms. The van der Waals surface area contributed by atoms with Crippen molar-refractivity contribution in [2.24, 2.45) is 5.92 Å². The van der Waals surface area contributed by atoms with Crippen LogP contribution in [0.25, 0.3) is 0 Å². The van der Waals surface area contributed by atoms with Crippen LogP contribution in [-0.2, 0) is 17.2 Å². The van der Waals surface area contributed by atoms with E-state index in [4.69, 9.17) is 4.74 Å². The third kappa shape index (κ3) is 3.01. The van der Waals surface area contributed by atoms with E-state index >= 15 is 0 Å². The lowest BCUT2D eigenvalue weighted by molar-refractivity contribution is -0.137. The lowest BCUT2D eigenvalue weighted by Gasteiger charge is -2.28. The molecule has 2 aromatic rings. The van der Waals surface area contributed by atoms with E-state index in [0.29, 0.717) is 12.0 Å². The number of methoxy groups -OCH3 is 1. The van der Waals surface area contributed by atoms with E-state index in [-0.39, 0.29) is 11.3 Å². The summed E-state index contributed by atoms with van der Waals surface area (Å²) in [5, 5.41) is 11.2. The van der Waals surface area contributed by atoms with Crippen LogP contribution in [0.1, 0.15) is 30.0 Å². The van der Waals surface area contributed by atoms with Crippen LogP contribution in [0.4, 0.5) is 13.2 Å².